The molecule has 0 bridgehead atoms. The van der Waals surface area contributed by atoms with Gasteiger partial charge in [-0.1, -0.05) is 0 Å². The monoisotopic (exact) mass is 253 g/mol. The zero-order valence-electron chi connectivity index (χ0n) is 10.2. The first-order valence-corrected chi connectivity index (χ1v) is 6.21. The summed E-state index contributed by atoms with van der Waals surface area (Å²) in [5.74, 6) is 0. The molecule has 2 aromatic rings. The van der Waals surface area contributed by atoms with Gasteiger partial charge in [-0.2, -0.15) is 0 Å². The van der Waals surface area contributed by atoms with E-state index in [1.165, 1.54) is 11.3 Å². The maximum atomic E-state index is 5.46. The first-order valence-electron chi connectivity index (χ1n) is 5.33. The number of anilines is 1. The van der Waals surface area contributed by atoms with E-state index in [1.807, 2.05) is 42.2 Å². The Morgan fingerprint density at radius 2 is 2.06 bits per heavy atom. The molecule has 18 heavy (non-hydrogen) atoms. The molecule has 86 valence electrons. The normalized spacial score (nSPS) is 11.0. The van der Waals surface area contributed by atoms with Crippen LogP contribution in [0.2, 0.25) is 0 Å². The number of aryl methyl sites for hydroxylation is 2. The van der Waals surface area contributed by atoms with Crippen molar-refractivity contribution in [1.82, 2.24) is 0 Å². The maximum absolute atomic E-state index is 5.46. The van der Waals surface area contributed by atoms with Crippen molar-refractivity contribution in [3.8, 4) is 0 Å². The zero-order chi connectivity index (χ0) is 13.1. The molecule has 0 saturated heterocycles. The molecule has 0 aliphatic carbocycles. The van der Waals surface area contributed by atoms with E-state index in [0.717, 1.165) is 26.8 Å². The summed E-state index contributed by atoms with van der Waals surface area (Å²) >= 11 is 1.54. The molecule has 0 aliphatic rings. The van der Waals surface area contributed by atoms with Gasteiger partial charge in [-0.05, 0) is 47.1 Å². The summed E-state index contributed by atoms with van der Waals surface area (Å²) < 4.78 is 2.99. The van der Waals surface area contributed by atoms with E-state index in [9.17, 15) is 0 Å². The Balaban J connectivity index is 2.25. The van der Waals surface area contributed by atoms with Gasteiger partial charge in [-0.15, -0.1) is 0 Å². The molecule has 1 heterocycles. The Morgan fingerprint density at radius 1 is 1.28 bits per heavy atom. The van der Waals surface area contributed by atoms with Crippen LogP contribution in [0.1, 0.15) is 5.56 Å². The van der Waals surface area contributed by atoms with Gasteiger partial charge in [0.05, 0.1) is 12.2 Å². The molecule has 4 radical (unpaired) electrons. The van der Waals surface area contributed by atoms with Crippen LogP contribution in [0.3, 0.4) is 0 Å². The van der Waals surface area contributed by atoms with Crippen LogP contribution in [0.5, 0.6) is 0 Å². The van der Waals surface area contributed by atoms with E-state index in [2.05, 4.69) is 10.2 Å². The second-order valence-electron chi connectivity index (χ2n) is 3.87. The molecule has 0 atom stereocenters. The van der Waals surface area contributed by atoms with Crippen LogP contribution in [0.15, 0.2) is 40.0 Å². The van der Waals surface area contributed by atoms with E-state index in [1.54, 1.807) is 6.07 Å². The lowest BCUT2D eigenvalue weighted by atomic mass is 10.1. The Kier molecular flexibility index (Phi) is 3.81. The van der Waals surface area contributed by atoms with Crippen molar-refractivity contribution >= 4 is 43.8 Å². The molecule has 0 aliphatic heterocycles. The van der Waals surface area contributed by atoms with Crippen LogP contribution in [-0.4, -0.2) is 16.0 Å². The number of aromatic nitrogens is 1. The van der Waals surface area contributed by atoms with E-state index >= 15 is 0 Å². The highest BCUT2D eigenvalue weighted by Gasteiger charge is 2.08. The van der Waals surface area contributed by atoms with Gasteiger partial charge < -0.3 is 4.72 Å². The van der Waals surface area contributed by atoms with Crippen molar-refractivity contribution in [2.75, 3.05) is 4.72 Å². The van der Waals surface area contributed by atoms with E-state index in [4.69, 9.17) is 16.0 Å². The number of benzene rings is 1. The zero-order valence-corrected chi connectivity index (χ0v) is 11.1. The molecule has 1 aromatic carbocycles. The summed E-state index contributed by atoms with van der Waals surface area (Å²) in [6, 6.07) is 5.51. The molecule has 2 rings (SSSR count). The fraction of sp³-hybridized carbons (Fsp3) is 0.182. The number of nitrogens with zero attached hydrogens (tertiary/aromatic N) is 4. The van der Waals surface area contributed by atoms with Crippen LogP contribution < -0.4 is 9.29 Å². The molecular formula is C11H11B2N4S+. The number of azo groups is 1. The number of thiazole rings is 1. The van der Waals surface area contributed by atoms with E-state index in [0.29, 0.717) is 0 Å². The van der Waals surface area contributed by atoms with Crippen LogP contribution in [0.25, 0.3) is 0 Å². The Labute approximate surface area is 113 Å². The van der Waals surface area contributed by atoms with Gasteiger partial charge in [0.15, 0.2) is 0 Å². The quantitative estimate of drug-likeness (QED) is 0.469. The lowest BCUT2D eigenvalue weighted by molar-refractivity contribution is -0.654. The van der Waals surface area contributed by atoms with Crippen molar-refractivity contribution in [2.45, 2.75) is 6.92 Å². The molecule has 0 N–H and O–H groups in total. The van der Waals surface area contributed by atoms with Crippen LogP contribution >= 0.6 is 11.3 Å². The standard InChI is InChI=1S/C11H11B2N4S/c1-8-7-9(17(12)13)3-4-10(8)14-15-11-16(2)5-6-18-11/h3-7H,1-2H3/q+1. The predicted molar refractivity (Wildman–Crippen MR) is 74.8 cm³/mol. The fourth-order valence-corrected chi connectivity index (χ4v) is 2.11. The first-order chi connectivity index (χ1) is 8.58. The van der Waals surface area contributed by atoms with Gasteiger partial charge in [-0.25, -0.2) is 4.57 Å². The van der Waals surface area contributed by atoms with Crippen molar-refractivity contribution in [1.29, 1.82) is 0 Å². The van der Waals surface area contributed by atoms with Gasteiger partial charge in [0, 0.05) is 11.1 Å². The Morgan fingerprint density at radius 3 is 2.61 bits per heavy atom. The molecule has 1 aromatic heterocycles. The molecule has 0 saturated carbocycles. The summed E-state index contributed by atoms with van der Waals surface area (Å²) in [5.41, 5.74) is 2.50. The molecule has 0 amide bonds. The third-order valence-corrected chi connectivity index (χ3v) is 3.32. The fourth-order valence-electron chi connectivity index (χ4n) is 1.43. The minimum atomic E-state index is 0.730. The second-order valence-corrected chi connectivity index (χ2v) is 4.75. The number of hydrogen-bond acceptors (Lipinski definition) is 4. The van der Waals surface area contributed by atoms with Crippen LogP contribution in [0, 0.1) is 6.92 Å². The first kappa shape index (κ1) is 12.8. The van der Waals surface area contributed by atoms with Gasteiger partial charge in [-0.3, -0.25) is 0 Å². The summed E-state index contributed by atoms with van der Waals surface area (Å²) in [5, 5.41) is 11.2. The van der Waals surface area contributed by atoms with Crippen molar-refractivity contribution in [3.63, 3.8) is 0 Å². The number of rotatable bonds is 3. The highest BCUT2D eigenvalue weighted by atomic mass is 32.1. The minimum Gasteiger partial charge on any atom is -0.479 e. The largest absolute Gasteiger partial charge is 0.479 e. The third-order valence-electron chi connectivity index (χ3n) is 2.48. The second kappa shape index (κ2) is 5.35. The Bertz CT molecular complexity index is 580. The SMILES string of the molecule is [B]N([B])c1ccc(N=Nc2scc[n+]2C)c(C)c1. The molecule has 0 spiro atoms. The third kappa shape index (κ3) is 2.79. The highest BCUT2D eigenvalue weighted by Crippen LogP contribution is 2.25. The predicted octanol–water partition coefficient (Wildman–Crippen LogP) is 2.27. The van der Waals surface area contributed by atoms with Gasteiger partial charge in [0.1, 0.15) is 11.9 Å². The topological polar surface area (TPSA) is 31.8 Å². The highest BCUT2D eigenvalue weighted by molar-refractivity contribution is 7.12. The summed E-state index contributed by atoms with van der Waals surface area (Å²) in [6.45, 7) is 1.94. The van der Waals surface area contributed by atoms with Gasteiger partial charge in [0.2, 0.25) is 16.0 Å². The smallest absolute Gasteiger partial charge is 0.408 e. The van der Waals surface area contributed by atoms with E-state index < -0.39 is 0 Å². The minimum absolute atomic E-state index is 0.730. The number of hydrogen-bond donors (Lipinski definition) is 0. The molecule has 4 nitrogen and oxygen atoms in total. The lowest BCUT2D eigenvalue weighted by Gasteiger charge is -2.14. The lowest BCUT2D eigenvalue weighted by Crippen LogP contribution is -2.23. The summed E-state index contributed by atoms with van der Waals surface area (Å²) in [6.07, 6.45) is 1.94. The summed E-state index contributed by atoms with van der Waals surface area (Å²) in [4.78, 5) is 0. The summed E-state index contributed by atoms with van der Waals surface area (Å²) in [7, 11) is 12.9. The average Bonchev–Trinajstić information content (AvgIpc) is 2.73. The van der Waals surface area contributed by atoms with Crippen molar-refractivity contribution < 1.29 is 4.57 Å². The molecule has 0 unspecified atom stereocenters. The van der Waals surface area contributed by atoms with Gasteiger partial charge in [0.25, 0.3) is 0 Å². The molecule has 7 heteroatoms. The van der Waals surface area contributed by atoms with Crippen molar-refractivity contribution in [3.05, 3.63) is 35.3 Å². The molecule has 0 fully saturated rings. The van der Waals surface area contributed by atoms with Crippen LogP contribution in [-0.2, 0) is 7.05 Å². The average molecular weight is 253 g/mol. The molecular weight excluding hydrogens is 242 g/mol. The maximum Gasteiger partial charge on any atom is 0.408 e. The van der Waals surface area contributed by atoms with Gasteiger partial charge >= 0.3 is 5.13 Å². The Hall–Kier alpha value is -1.62. The van der Waals surface area contributed by atoms with Crippen LogP contribution in [0.4, 0.5) is 16.5 Å². The van der Waals surface area contributed by atoms with Crippen molar-refractivity contribution in [2.24, 2.45) is 17.3 Å². The van der Waals surface area contributed by atoms with E-state index in [-0.39, 0.29) is 0 Å².